The van der Waals surface area contributed by atoms with E-state index in [-0.39, 0.29) is 6.42 Å². The van der Waals surface area contributed by atoms with Gasteiger partial charge in [-0.15, -0.1) is 0 Å². The largest absolute Gasteiger partial charge is 0.508 e. The third-order valence-electron chi connectivity index (χ3n) is 8.37. The van der Waals surface area contributed by atoms with Crippen LogP contribution in [0.25, 0.3) is 0 Å². The van der Waals surface area contributed by atoms with Crippen molar-refractivity contribution in [2.45, 2.75) is 114 Å². The van der Waals surface area contributed by atoms with Gasteiger partial charge in [0.2, 0.25) is 0 Å². The Balaban J connectivity index is 1.96. The first-order valence-electron chi connectivity index (χ1n) is 14.2. The number of carboxylic acid groups (broad SMARTS) is 1. The van der Waals surface area contributed by atoms with Gasteiger partial charge in [0.1, 0.15) is 60.3 Å². The number of aliphatic hydroxyl groups excluding tert-OH is 3. The number of ketones is 1. The summed E-state index contributed by atoms with van der Waals surface area (Å²) in [5.41, 5.74) is -7.10. The Hall–Kier alpha value is -3.03. The van der Waals surface area contributed by atoms with E-state index in [0.717, 1.165) is 6.92 Å². The molecular formula is C28H41NO16. The molecule has 3 rings (SSSR count). The molecular weight excluding hydrogens is 606 g/mol. The summed E-state index contributed by atoms with van der Waals surface area (Å²) in [6.07, 6.45) is -15.3. The van der Waals surface area contributed by atoms with Crippen molar-refractivity contribution in [3.63, 3.8) is 0 Å². The molecule has 0 saturated carbocycles. The minimum Gasteiger partial charge on any atom is -0.508 e. The highest BCUT2D eigenvalue weighted by Gasteiger charge is 2.61. The summed E-state index contributed by atoms with van der Waals surface area (Å²) in [6.45, 7) is 6.55. The fourth-order valence-corrected chi connectivity index (χ4v) is 5.73. The number of hydrogen-bond acceptors (Lipinski definition) is 16. The standard InChI is InChI=1S/C28H41NO16/c1-10(2)26(37)43-12(4)28(39)11(3)42-17(7-16(28)40-6)45-22-20(32)15(9-41-13(5)30)44-24(21(22)33)27(38)8-14(31)19(29)18(23(27)34)25(35)36/h10-12,15-17,20-22,24,29,32-34,38-39H,7-9H2,1-6H3,(H,35,36)/t11-,12-,15+,16-,17+,20+,21+,22+,24+,27+,28-/m0/s1. The average molecular weight is 648 g/mol. The van der Waals surface area contributed by atoms with Gasteiger partial charge in [-0.3, -0.25) is 19.8 Å². The SMILES string of the molecule is CO[C@H]1C[C@@H](O[C@H]2[C@@H](O)[C@H]([C@@]3(O)CC(=O)C(=N)C(C(=O)O)=C3O)O[C@H](COC(C)=O)[C@H]2O)O[C@@H](C)[C@]1(O)[C@H](C)OC(=O)C(C)C. The molecule has 2 heterocycles. The molecule has 2 saturated heterocycles. The molecule has 3 aliphatic rings. The smallest absolute Gasteiger partial charge is 0.341 e. The maximum atomic E-state index is 12.5. The Bertz CT molecular complexity index is 1220. The molecule has 45 heavy (non-hydrogen) atoms. The monoisotopic (exact) mass is 647 g/mol. The fourth-order valence-electron chi connectivity index (χ4n) is 5.73. The number of rotatable bonds is 10. The van der Waals surface area contributed by atoms with Gasteiger partial charge in [-0.1, -0.05) is 13.8 Å². The highest BCUT2D eigenvalue weighted by atomic mass is 16.7. The molecule has 0 aromatic heterocycles. The number of methoxy groups -OCH3 is 1. The number of aliphatic carboxylic acids is 1. The van der Waals surface area contributed by atoms with Crippen LogP contribution in [0.2, 0.25) is 0 Å². The van der Waals surface area contributed by atoms with Crippen LogP contribution in [0.5, 0.6) is 0 Å². The molecule has 254 valence electrons. The number of carbonyl (C=O) groups is 4. The van der Waals surface area contributed by atoms with Crippen molar-refractivity contribution in [1.82, 2.24) is 0 Å². The molecule has 2 fully saturated rings. The topological polar surface area (TPSA) is 269 Å². The molecule has 0 spiro atoms. The van der Waals surface area contributed by atoms with Gasteiger partial charge >= 0.3 is 17.9 Å². The van der Waals surface area contributed by atoms with Crippen molar-refractivity contribution in [2.24, 2.45) is 5.92 Å². The first-order chi connectivity index (χ1) is 20.8. The van der Waals surface area contributed by atoms with Gasteiger partial charge in [-0.25, -0.2) is 4.79 Å². The summed E-state index contributed by atoms with van der Waals surface area (Å²) in [5.74, 6) is -6.30. The highest BCUT2D eigenvalue weighted by Crippen LogP contribution is 2.41. The zero-order valence-corrected chi connectivity index (χ0v) is 25.7. The molecule has 0 bridgehead atoms. The van der Waals surface area contributed by atoms with Crippen molar-refractivity contribution in [3.8, 4) is 0 Å². The third kappa shape index (κ3) is 6.90. The van der Waals surface area contributed by atoms with Crippen molar-refractivity contribution < 1.29 is 78.2 Å². The Labute approximate surface area is 258 Å². The summed E-state index contributed by atoms with van der Waals surface area (Å²) >= 11 is 0. The molecule has 0 radical (unpaired) electrons. The van der Waals surface area contributed by atoms with Gasteiger partial charge in [0.15, 0.2) is 23.3 Å². The molecule has 0 unspecified atom stereocenters. The molecule has 1 aliphatic carbocycles. The van der Waals surface area contributed by atoms with Gasteiger partial charge in [0.05, 0.1) is 24.5 Å². The first-order valence-corrected chi connectivity index (χ1v) is 14.2. The molecule has 0 aromatic rings. The van der Waals surface area contributed by atoms with Crippen molar-refractivity contribution in [2.75, 3.05) is 13.7 Å². The van der Waals surface area contributed by atoms with Gasteiger partial charge in [-0.2, -0.15) is 0 Å². The van der Waals surface area contributed by atoms with Gasteiger partial charge < -0.3 is 59.1 Å². The third-order valence-corrected chi connectivity index (χ3v) is 8.37. The Morgan fingerprint density at radius 2 is 1.73 bits per heavy atom. The Kier molecular flexibility index (Phi) is 11.1. The van der Waals surface area contributed by atoms with E-state index in [1.54, 1.807) is 13.8 Å². The Morgan fingerprint density at radius 1 is 1.11 bits per heavy atom. The van der Waals surface area contributed by atoms with E-state index in [9.17, 15) is 49.8 Å². The zero-order chi connectivity index (χ0) is 34.2. The van der Waals surface area contributed by atoms with Crippen LogP contribution in [0.15, 0.2) is 11.3 Å². The molecule has 17 nitrogen and oxygen atoms in total. The number of nitrogens with one attached hydrogen (secondary N) is 1. The van der Waals surface area contributed by atoms with Gasteiger partial charge in [-0.05, 0) is 13.8 Å². The average Bonchev–Trinajstić information content (AvgIpc) is 2.95. The Morgan fingerprint density at radius 3 is 2.27 bits per heavy atom. The van der Waals surface area contributed by atoms with Crippen LogP contribution < -0.4 is 0 Å². The summed E-state index contributed by atoms with van der Waals surface area (Å²) in [6, 6.07) is 0. The summed E-state index contributed by atoms with van der Waals surface area (Å²) < 4.78 is 33.2. The van der Waals surface area contributed by atoms with E-state index in [1.807, 2.05) is 0 Å². The van der Waals surface area contributed by atoms with E-state index in [2.05, 4.69) is 0 Å². The van der Waals surface area contributed by atoms with Crippen LogP contribution in [-0.4, -0.2) is 140 Å². The summed E-state index contributed by atoms with van der Waals surface area (Å²) in [5, 5.41) is 73.6. The molecule has 0 amide bonds. The lowest BCUT2D eigenvalue weighted by Gasteiger charge is -2.51. The number of carboxylic acids is 1. The maximum Gasteiger partial charge on any atom is 0.341 e. The number of hydrogen-bond donors (Lipinski definition) is 7. The number of esters is 2. The minimum absolute atomic E-state index is 0.245. The predicted molar refractivity (Wildman–Crippen MR) is 147 cm³/mol. The van der Waals surface area contributed by atoms with Crippen LogP contribution in [0.4, 0.5) is 0 Å². The predicted octanol–water partition coefficient (Wildman–Crippen LogP) is -1.49. The lowest BCUT2D eigenvalue weighted by Crippen LogP contribution is -2.69. The number of aliphatic hydroxyl groups is 5. The second kappa shape index (κ2) is 13.8. The molecule has 0 aromatic carbocycles. The normalized spacial score (nSPS) is 38.2. The van der Waals surface area contributed by atoms with Crippen molar-refractivity contribution in [3.05, 3.63) is 11.3 Å². The van der Waals surface area contributed by atoms with Crippen LogP contribution in [-0.2, 0) is 47.6 Å². The second-order valence-corrected chi connectivity index (χ2v) is 11.7. The van der Waals surface area contributed by atoms with Crippen LogP contribution in [0.3, 0.4) is 0 Å². The first kappa shape index (κ1) is 36.4. The molecule has 11 atom stereocenters. The van der Waals surface area contributed by atoms with Gasteiger partial charge in [0, 0.05) is 20.5 Å². The quantitative estimate of drug-likeness (QED) is 0.133. The second-order valence-electron chi connectivity index (χ2n) is 11.7. The lowest BCUT2D eigenvalue weighted by atomic mass is 9.74. The maximum absolute atomic E-state index is 12.5. The molecule has 7 N–H and O–H groups in total. The number of ether oxygens (including phenoxy) is 6. The number of Topliss-reactive ketones (excluding diaryl/α,β-unsaturated/α-hetero) is 1. The van der Waals surface area contributed by atoms with E-state index >= 15 is 0 Å². The summed E-state index contributed by atoms with van der Waals surface area (Å²) in [7, 11) is 1.29. The van der Waals surface area contributed by atoms with E-state index in [0.29, 0.717) is 0 Å². The van der Waals surface area contributed by atoms with Crippen LogP contribution in [0.1, 0.15) is 47.5 Å². The van der Waals surface area contributed by atoms with Crippen molar-refractivity contribution in [1.29, 1.82) is 5.41 Å². The molecule has 2 aliphatic heterocycles. The lowest BCUT2D eigenvalue weighted by molar-refractivity contribution is -0.344. The fraction of sp³-hybridized carbons (Fsp3) is 0.750. The van der Waals surface area contributed by atoms with Crippen molar-refractivity contribution >= 4 is 29.4 Å². The van der Waals surface area contributed by atoms with E-state index < -0.39 is 126 Å². The molecule has 17 heteroatoms. The highest BCUT2D eigenvalue weighted by molar-refractivity contribution is 6.51. The minimum atomic E-state index is -2.92. The van der Waals surface area contributed by atoms with E-state index in [4.69, 9.17) is 33.8 Å². The zero-order valence-electron chi connectivity index (χ0n) is 25.7. The van der Waals surface area contributed by atoms with Gasteiger partial charge in [0.25, 0.3) is 0 Å². The number of carbonyl (C=O) groups excluding carboxylic acids is 3. The van der Waals surface area contributed by atoms with Crippen LogP contribution in [0, 0.1) is 11.3 Å². The van der Waals surface area contributed by atoms with Crippen LogP contribution >= 0.6 is 0 Å². The van der Waals surface area contributed by atoms with E-state index in [1.165, 1.54) is 21.0 Å². The summed E-state index contributed by atoms with van der Waals surface area (Å²) in [4.78, 5) is 48.0.